The van der Waals surface area contributed by atoms with Gasteiger partial charge in [-0.3, -0.25) is 25.1 Å². The van der Waals surface area contributed by atoms with Gasteiger partial charge >= 0.3 is 0 Å². The number of amides is 1. The molecule has 1 saturated heterocycles. The third kappa shape index (κ3) is 2.30. The highest BCUT2D eigenvalue weighted by Crippen LogP contribution is 2.21. The number of nitrogens with one attached hydrogen (secondary N) is 2. The largest absolute Gasteiger partial charge is 0.383 e. The van der Waals surface area contributed by atoms with E-state index in [-0.39, 0.29) is 5.91 Å². The predicted octanol–water partition coefficient (Wildman–Crippen LogP) is -0.586. The van der Waals surface area contributed by atoms with Crippen LogP contribution in [0.25, 0.3) is 0 Å². The van der Waals surface area contributed by atoms with Gasteiger partial charge in [-0.1, -0.05) is 0 Å². The monoisotopic (exact) mass is 249 g/mol. The van der Waals surface area contributed by atoms with Crippen LogP contribution in [0, 0.1) is 0 Å². The van der Waals surface area contributed by atoms with E-state index in [9.17, 15) is 4.79 Å². The Balaban J connectivity index is 2.16. The van der Waals surface area contributed by atoms with Gasteiger partial charge in [0.15, 0.2) is 11.5 Å². The molecule has 0 bridgehead atoms. The zero-order chi connectivity index (χ0) is 13.0. The number of ether oxygens (including phenoxy) is 1. The molecule has 1 unspecified atom stereocenters. The van der Waals surface area contributed by atoms with Crippen LogP contribution in [0.3, 0.4) is 0 Å². The lowest BCUT2D eigenvalue weighted by Gasteiger charge is -2.19. The summed E-state index contributed by atoms with van der Waals surface area (Å²) in [5.41, 5.74) is -0.375. The molecular weight excluding hydrogens is 234 g/mol. The van der Waals surface area contributed by atoms with E-state index in [2.05, 4.69) is 25.6 Å². The molecule has 1 aliphatic heterocycles. The van der Waals surface area contributed by atoms with E-state index in [1.165, 1.54) is 0 Å². The second-order valence-corrected chi connectivity index (χ2v) is 4.02. The minimum absolute atomic E-state index is 0.195. The first-order chi connectivity index (χ1) is 8.66. The molecule has 1 fully saturated rings. The van der Waals surface area contributed by atoms with Crippen LogP contribution < -0.4 is 10.6 Å². The van der Waals surface area contributed by atoms with Gasteiger partial charge in [-0.05, 0) is 6.92 Å². The minimum Gasteiger partial charge on any atom is -0.383 e. The van der Waals surface area contributed by atoms with Gasteiger partial charge in [0.25, 0.3) is 5.91 Å². The maximum absolute atomic E-state index is 12.0. The summed E-state index contributed by atoms with van der Waals surface area (Å²) in [7, 11) is 1.60. The van der Waals surface area contributed by atoms with E-state index in [0.29, 0.717) is 24.8 Å². The van der Waals surface area contributed by atoms with E-state index in [1.54, 1.807) is 32.6 Å². The van der Waals surface area contributed by atoms with Crippen molar-refractivity contribution >= 4 is 11.9 Å². The molecule has 2 rings (SSSR count). The van der Waals surface area contributed by atoms with Crippen LogP contribution in [0.1, 0.15) is 12.6 Å². The van der Waals surface area contributed by atoms with E-state index in [1.807, 2.05) is 0 Å². The van der Waals surface area contributed by atoms with E-state index in [0.717, 1.165) is 0 Å². The van der Waals surface area contributed by atoms with E-state index >= 15 is 0 Å². The van der Waals surface area contributed by atoms with Crippen LogP contribution >= 0.6 is 0 Å². The summed E-state index contributed by atoms with van der Waals surface area (Å²) >= 11 is 0. The molecule has 1 atom stereocenters. The molecule has 7 nitrogen and oxygen atoms in total. The van der Waals surface area contributed by atoms with Crippen LogP contribution in [0.2, 0.25) is 0 Å². The second-order valence-electron chi connectivity index (χ2n) is 4.02. The van der Waals surface area contributed by atoms with Crippen molar-refractivity contribution in [2.75, 3.05) is 20.3 Å². The first-order valence-electron chi connectivity index (χ1n) is 5.56. The van der Waals surface area contributed by atoms with Crippen molar-refractivity contribution in [3.8, 4) is 0 Å². The van der Waals surface area contributed by atoms with Gasteiger partial charge in [0.1, 0.15) is 0 Å². The van der Waals surface area contributed by atoms with E-state index in [4.69, 9.17) is 4.74 Å². The zero-order valence-corrected chi connectivity index (χ0v) is 10.3. The van der Waals surface area contributed by atoms with Crippen molar-refractivity contribution < 1.29 is 9.53 Å². The van der Waals surface area contributed by atoms with Crippen molar-refractivity contribution in [3.63, 3.8) is 0 Å². The van der Waals surface area contributed by atoms with Gasteiger partial charge in [-0.2, -0.15) is 0 Å². The van der Waals surface area contributed by atoms with Gasteiger partial charge in [-0.25, -0.2) is 0 Å². The Kier molecular flexibility index (Phi) is 3.52. The first-order valence-corrected chi connectivity index (χ1v) is 5.56. The zero-order valence-electron chi connectivity index (χ0n) is 10.3. The Labute approximate surface area is 105 Å². The van der Waals surface area contributed by atoms with Crippen LogP contribution in [0.5, 0.6) is 0 Å². The minimum atomic E-state index is -0.930. The maximum Gasteiger partial charge on any atom is 0.258 e. The average Bonchev–Trinajstić information content (AvgIpc) is 2.68. The Morgan fingerprint density at radius 3 is 3.00 bits per heavy atom. The summed E-state index contributed by atoms with van der Waals surface area (Å²) in [6.07, 6.45) is 4.67. The average molecular weight is 249 g/mol. The molecule has 0 aromatic carbocycles. The molecule has 18 heavy (non-hydrogen) atoms. The fourth-order valence-electron chi connectivity index (χ4n) is 1.62. The Morgan fingerprint density at radius 1 is 1.50 bits per heavy atom. The van der Waals surface area contributed by atoms with Crippen molar-refractivity contribution in [1.29, 1.82) is 0 Å². The number of hydrogen-bond donors (Lipinski definition) is 2. The third-order valence-corrected chi connectivity index (χ3v) is 2.70. The molecule has 0 spiro atoms. The standard InChI is InChI=1S/C11H15N5O2/c1-11(8-7-12-3-4-13-8)9(17)15-10(16-11)14-5-6-18-2/h3-4,7H,5-6H2,1-2H3,(H2,14,15,16,17). The SMILES string of the molecule is COCCN=C1NC(=O)C(C)(c2cnccn2)N1. The molecular formula is C11H15N5O2. The van der Waals surface area contributed by atoms with Crippen LogP contribution in [0.4, 0.5) is 0 Å². The molecule has 1 aromatic rings. The third-order valence-electron chi connectivity index (χ3n) is 2.70. The molecule has 0 radical (unpaired) electrons. The summed E-state index contributed by atoms with van der Waals surface area (Å²) in [6.45, 7) is 2.73. The molecule has 1 aromatic heterocycles. The highest BCUT2D eigenvalue weighted by atomic mass is 16.5. The van der Waals surface area contributed by atoms with Crippen molar-refractivity contribution in [1.82, 2.24) is 20.6 Å². The summed E-state index contributed by atoms with van der Waals surface area (Å²) in [6, 6.07) is 0. The molecule has 1 amide bonds. The summed E-state index contributed by atoms with van der Waals surface area (Å²) in [5.74, 6) is 0.240. The van der Waals surface area contributed by atoms with Gasteiger partial charge in [0.05, 0.1) is 25.0 Å². The quantitative estimate of drug-likeness (QED) is 0.696. The highest BCUT2D eigenvalue weighted by Gasteiger charge is 2.43. The molecule has 96 valence electrons. The predicted molar refractivity (Wildman–Crippen MR) is 64.8 cm³/mol. The van der Waals surface area contributed by atoms with E-state index < -0.39 is 5.54 Å². The van der Waals surface area contributed by atoms with Crippen LogP contribution in [-0.4, -0.2) is 42.1 Å². The molecule has 0 saturated carbocycles. The normalized spacial score (nSPS) is 25.0. The Hall–Kier alpha value is -2.02. The second kappa shape index (κ2) is 5.09. The number of aromatic nitrogens is 2. The number of hydrogen-bond acceptors (Lipinski definition) is 5. The summed E-state index contributed by atoms with van der Waals surface area (Å²) in [5, 5.41) is 5.70. The number of rotatable bonds is 4. The Bertz CT molecular complexity index is 462. The Morgan fingerprint density at radius 2 is 2.33 bits per heavy atom. The van der Waals surface area contributed by atoms with Crippen LogP contribution in [0.15, 0.2) is 23.6 Å². The van der Waals surface area contributed by atoms with Gasteiger partial charge < -0.3 is 10.1 Å². The highest BCUT2D eigenvalue weighted by molar-refractivity contribution is 6.08. The molecule has 0 aliphatic carbocycles. The lowest BCUT2D eigenvalue weighted by molar-refractivity contribution is -0.123. The fraction of sp³-hybridized carbons (Fsp3) is 0.455. The molecule has 2 heterocycles. The summed E-state index contributed by atoms with van der Waals surface area (Å²) in [4.78, 5) is 24.3. The number of carbonyl (C=O) groups excluding carboxylic acids is 1. The fourth-order valence-corrected chi connectivity index (χ4v) is 1.62. The topological polar surface area (TPSA) is 88.5 Å². The number of aliphatic imine (C=N–C) groups is 1. The van der Waals surface area contributed by atoms with Crippen molar-refractivity contribution in [2.24, 2.45) is 4.99 Å². The lowest BCUT2D eigenvalue weighted by atomic mass is 9.99. The lowest BCUT2D eigenvalue weighted by Crippen LogP contribution is -2.41. The molecule has 7 heteroatoms. The van der Waals surface area contributed by atoms with Crippen molar-refractivity contribution in [3.05, 3.63) is 24.3 Å². The summed E-state index contributed by atoms with van der Waals surface area (Å²) < 4.78 is 4.90. The number of methoxy groups -OCH3 is 1. The molecule has 1 aliphatic rings. The number of carbonyl (C=O) groups is 1. The van der Waals surface area contributed by atoms with Crippen LogP contribution in [-0.2, 0) is 15.1 Å². The van der Waals surface area contributed by atoms with Gasteiger partial charge in [0.2, 0.25) is 0 Å². The molecule has 2 N–H and O–H groups in total. The first kappa shape index (κ1) is 12.4. The number of nitrogens with zero attached hydrogens (tertiary/aromatic N) is 3. The van der Waals surface area contributed by atoms with Gasteiger partial charge in [-0.15, -0.1) is 0 Å². The maximum atomic E-state index is 12.0. The van der Waals surface area contributed by atoms with Gasteiger partial charge in [0, 0.05) is 19.5 Å². The number of guanidine groups is 1. The van der Waals surface area contributed by atoms with Crippen molar-refractivity contribution in [2.45, 2.75) is 12.5 Å². The smallest absolute Gasteiger partial charge is 0.258 e.